The van der Waals surface area contributed by atoms with E-state index in [9.17, 15) is 0 Å². The van der Waals surface area contributed by atoms with Crippen molar-refractivity contribution < 1.29 is 9.47 Å². The summed E-state index contributed by atoms with van der Waals surface area (Å²) in [7, 11) is 0. The molecule has 1 aliphatic heterocycles. The fraction of sp³-hybridized carbons (Fsp3) is 0.357. The number of hydrogen-bond donors (Lipinski definition) is 2. The van der Waals surface area contributed by atoms with Gasteiger partial charge in [-0.15, -0.1) is 5.10 Å². The topological polar surface area (TPSA) is 81.2 Å². The first-order valence-electron chi connectivity index (χ1n) is 6.83. The molecule has 1 aliphatic rings. The Morgan fingerprint density at radius 1 is 1.14 bits per heavy atom. The number of benzene rings is 1. The number of rotatable bonds is 4. The summed E-state index contributed by atoms with van der Waals surface area (Å²) in [5, 5.41) is 14.2. The van der Waals surface area contributed by atoms with Crippen LogP contribution in [-0.2, 0) is 0 Å². The molecule has 0 unspecified atom stereocenters. The zero-order valence-corrected chi connectivity index (χ0v) is 12.0. The fourth-order valence-corrected chi connectivity index (χ4v) is 1.97. The second-order valence-electron chi connectivity index (χ2n) is 4.95. The lowest BCUT2D eigenvalue weighted by Gasteiger charge is -2.19. The number of ether oxygens (including phenoxy) is 2. The zero-order valence-electron chi connectivity index (χ0n) is 12.0. The molecule has 21 heavy (non-hydrogen) atoms. The average Bonchev–Trinajstić information content (AvgIpc) is 2.47. The Kier molecular flexibility index (Phi) is 3.72. The standard InChI is InChI=1S/C14H17N5O2/c1-9(2)16-13-8-15-19-14(18-13)17-10-3-4-11-12(7-10)21-6-5-20-11/h3-4,7-9H,5-6H2,1-2H3,(H2,16,17,18,19). The molecule has 0 atom stereocenters. The first-order valence-corrected chi connectivity index (χ1v) is 6.83. The van der Waals surface area contributed by atoms with Crippen LogP contribution in [0.4, 0.5) is 17.5 Å². The van der Waals surface area contributed by atoms with Gasteiger partial charge >= 0.3 is 0 Å². The molecule has 0 aliphatic carbocycles. The molecule has 7 nitrogen and oxygen atoms in total. The molecular formula is C14H17N5O2. The van der Waals surface area contributed by atoms with E-state index in [1.807, 2.05) is 32.0 Å². The van der Waals surface area contributed by atoms with Crippen molar-refractivity contribution in [3.63, 3.8) is 0 Å². The quantitative estimate of drug-likeness (QED) is 0.892. The predicted octanol–water partition coefficient (Wildman–Crippen LogP) is 2.21. The lowest BCUT2D eigenvalue weighted by atomic mass is 10.2. The third-order valence-corrected chi connectivity index (χ3v) is 2.79. The summed E-state index contributed by atoms with van der Waals surface area (Å²) in [5.74, 6) is 2.58. The van der Waals surface area contributed by atoms with Crippen LogP contribution in [0.25, 0.3) is 0 Å². The largest absolute Gasteiger partial charge is 0.486 e. The number of anilines is 3. The van der Waals surface area contributed by atoms with Crippen LogP contribution in [0.2, 0.25) is 0 Å². The Bertz CT molecular complexity index is 633. The SMILES string of the molecule is CC(C)Nc1cnnc(Nc2ccc3c(c2)OCCO3)n1. The van der Waals surface area contributed by atoms with Crippen molar-refractivity contribution in [3.05, 3.63) is 24.4 Å². The monoisotopic (exact) mass is 287 g/mol. The summed E-state index contributed by atoms with van der Waals surface area (Å²) >= 11 is 0. The van der Waals surface area contributed by atoms with Gasteiger partial charge in [0, 0.05) is 17.8 Å². The van der Waals surface area contributed by atoms with Crippen molar-refractivity contribution >= 4 is 17.5 Å². The Labute approximate surface area is 122 Å². The van der Waals surface area contributed by atoms with Gasteiger partial charge in [-0.25, -0.2) is 0 Å². The Balaban J connectivity index is 1.77. The van der Waals surface area contributed by atoms with Gasteiger partial charge in [0.2, 0.25) is 5.95 Å². The van der Waals surface area contributed by atoms with Gasteiger partial charge in [0.25, 0.3) is 0 Å². The minimum Gasteiger partial charge on any atom is -0.486 e. The summed E-state index contributed by atoms with van der Waals surface area (Å²) in [6.45, 7) is 5.21. The highest BCUT2D eigenvalue weighted by molar-refractivity contribution is 5.60. The van der Waals surface area contributed by atoms with Crippen LogP contribution in [0.5, 0.6) is 11.5 Å². The summed E-state index contributed by atoms with van der Waals surface area (Å²) in [5.41, 5.74) is 0.822. The van der Waals surface area contributed by atoms with Crippen molar-refractivity contribution in [2.24, 2.45) is 0 Å². The third kappa shape index (κ3) is 3.31. The molecule has 0 bridgehead atoms. The van der Waals surface area contributed by atoms with Gasteiger partial charge < -0.3 is 20.1 Å². The average molecular weight is 287 g/mol. The molecular weight excluding hydrogens is 270 g/mol. The van der Waals surface area contributed by atoms with Crippen LogP contribution in [0.3, 0.4) is 0 Å². The maximum atomic E-state index is 5.54. The van der Waals surface area contributed by atoms with Crippen molar-refractivity contribution in [1.82, 2.24) is 15.2 Å². The number of aromatic nitrogens is 3. The van der Waals surface area contributed by atoms with Gasteiger partial charge in [0.1, 0.15) is 13.2 Å². The highest BCUT2D eigenvalue weighted by Crippen LogP contribution is 2.33. The van der Waals surface area contributed by atoms with E-state index in [-0.39, 0.29) is 6.04 Å². The summed E-state index contributed by atoms with van der Waals surface area (Å²) in [4.78, 5) is 4.35. The van der Waals surface area contributed by atoms with Crippen molar-refractivity contribution in [2.75, 3.05) is 23.8 Å². The summed E-state index contributed by atoms with van der Waals surface area (Å²) in [6, 6.07) is 5.89. The fourth-order valence-electron chi connectivity index (χ4n) is 1.97. The normalized spacial score (nSPS) is 13.1. The molecule has 0 saturated heterocycles. The molecule has 0 amide bonds. The van der Waals surface area contributed by atoms with Crippen molar-refractivity contribution in [2.45, 2.75) is 19.9 Å². The van der Waals surface area contributed by atoms with Crippen LogP contribution in [0.1, 0.15) is 13.8 Å². The van der Waals surface area contributed by atoms with E-state index in [4.69, 9.17) is 9.47 Å². The van der Waals surface area contributed by atoms with Crippen LogP contribution < -0.4 is 20.1 Å². The molecule has 0 fully saturated rings. The molecule has 2 aromatic rings. The number of nitrogens with zero attached hydrogens (tertiary/aromatic N) is 3. The van der Waals surface area contributed by atoms with E-state index in [1.165, 1.54) is 0 Å². The molecule has 0 radical (unpaired) electrons. The van der Waals surface area contributed by atoms with Crippen molar-refractivity contribution in [1.29, 1.82) is 0 Å². The molecule has 2 heterocycles. The van der Waals surface area contributed by atoms with Gasteiger partial charge in [-0.2, -0.15) is 10.1 Å². The number of hydrogen-bond acceptors (Lipinski definition) is 7. The first-order chi connectivity index (χ1) is 10.2. The van der Waals surface area contributed by atoms with Crippen LogP contribution >= 0.6 is 0 Å². The van der Waals surface area contributed by atoms with Crippen LogP contribution in [0, 0.1) is 0 Å². The Morgan fingerprint density at radius 2 is 1.95 bits per heavy atom. The smallest absolute Gasteiger partial charge is 0.249 e. The van der Waals surface area contributed by atoms with Gasteiger partial charge in [0.05, 0.1) is 6.20 Å². The highest BCUT2D eigenvalue weighted by Gasteiger charge is 2.12. The molecule has 0 spiro atoms. The molecule has 110 valence electrons. The first kappa shape index (κ1) is 13.4. The molecule has 1 aromatic heterocycles. The van der Waals surface area contributed by atoms with E-state index in [2.05, 4.69) is 25.8 Å². The second-order valence-corrected chi connectivity index (χ2v) is 4.95. The molecule has 2 N–H and O–H groups in total. The lowest BCUT2D eigenvalue weighted by Crippen LogP contribution is -2.15. The minimum absolute atomic E-state index is 0.281. The van der Waals surface area contributed by atoms with E-state index in [1.54, 1.807) is 6.20 Å². The molecule has 1 aromatic carbocycles. The van der Waals surface area contributed by atoms with E-state index in [0.29, 0.717) is 25.0 Å². The third-order valence-electron chi connectivity index (χ3n) is 2.79. The van der Waals surface area contributed by atoms with Crippen LogP contribution in [-0.4, -0.2) is 34.4 Å². The molecule has 0 saturated carbocycles. The van der Waals surface area contributed by atoms with Gasteiger partial charge in [-0.1, -0.05) is 0 Å². The maximum absolute atomic E-state index is 5.54. The number of fused-ring (bicyclic) bond motifs is 1. The highest BCUT2D eigenvalue weighted by atomic mass is 16.6. The van der Waals surface area contributed by atoms with E-state index in [0.717, 1.165) is 17.2 Å². The predicted molar refractivity (Wildman–Crippen MR) is 79.3 cm³/mol. The lowest BCUT2D eigenvalue weighted by molar-refractivity contribution is 0.171. The zero-order chi connectivity index (χ0) is 14.7. The van der Waals surface area contributed by atoms with Gasteiger partial charge in [0.15, 0.2) is 17.3 Å². The van der Waals surface area contributed by atoms with Gasteiger partial charge in [-0.05, 0) is 26.0 Å². The van der Waals surface area contributed by atoms with E-state index >= 15 is 0 Å². The van der Waals surface area contributed by atoms with Crippen LogP contribution in [0.15, 0.2) is 24.4 Å². The van der Waals surface area contributed by atoms with Crippen molar-refractivity contribution in [3.8, 4) is 11.5 Å². The second kappa shape index (κ2) is 5.82. The summed E-state index contributed by atoms with van der Waals surface area (Å²) < 4.78 is 11.0. The van der Waals surface area contributed by atoms with Gasteiger partial charge in [-0.3, -0.25) is 0 Å². The maximum Gasteiger partial charge on any atom is 0.249 e. The summed E-state index contributed by atoms with van der Waals surface area (Å²) in [6.07, 6.45) is 1.59. The van der Waals surface area contributed by atoms with E-state index < -0.39 is 0 Å². The number of nitrogens with one attached hydrogen (secondary N) is 2. The minimum atomic E-state index is 0.281. The molecule has 3 rings (SSSR count). The Hall–Kier alpha value is -2.57. The Morgan fingerprint density at radius 3 is 2.76 bits per heavy atom. The molecule has 7 heteroatoms.